The maximum atomic E-state index is 13.1. The van der Waals surface area contributed by atoms with Crippen LogP contribution in [0.1, 0.15) is 5.56 Å². The third kappa shape index (κ3) is 4.57. The molecule has 0 saturated carbocycles. The van der Waals surface area contributed by atoms with Crippen molar-refractivity contribution in [2.75, 3.05) is 36.5 Å². The van der Waals surface area contributed by atoms with E-state index in [1.54, 1.807) is 23.2 Å². The van der Waals surface area contributed by atoms with Gasteiger partial charge in [0.2, 0.25) is 24.6 Å². The molecule has 30 heavy (non-hydrogen) atoms. The molecule has 0 fully saturated rings. The number of hydrogen-bond acceptors (Lipinski definition) is 9. The van der Waals surface area contributed by atoms with Crippen molar-refractivity contribution in [1.82, 2.24) is 15.0 Å². The zero-order valence-corrected chi connectivity index (χ0v) is 17.6. The van der Waals surface area contributed by atoms with Gasteiger partial charge in [-0.2, -0.15) is 20.1 Å². The van der Waals surface area contributed by atoms with Crippen LogP contribution in [0.4, 0.5) is 27.9 Å². The summed E-state index contributed by atoms with van der Waals surface area (Å²) in [5.41, 5.74) is 4.24. The van der Waals surface area contributed by atoms with Gasteiger partial charge in [-0.15, -0.1) is 0 Å². The summed E-state index contributed by atoms with van der Waals surface area (Å²) >= 11 is 3.48. The molecular formula is C19H17BrFN7O2. The fourth-order valence-electron chi connectivity index (χ4n) is 2.52. The van der Waals surface area contributed by atoms with Gasteiger partial charge in [-0.3, -0.25) is 0 Å². The van der Waals surface area contributed by atoms with E-state index in [9.17, 15) is 4.39 Å². The Kier molecular flexibility index (Phi) is 5.61. The SMILES string of the molecule is CN(C)c1nc(N/N=C/c2cc3c(cc2Br)OCO3)nc(Nc2ccc(F)cc2)n1. The fraction of sp³-hybridized carbons (Fsp3) is 0.158. The highest BCUT2D eigenvalue weighted by Crippen LogP contribution is 2.36. The van der Waals surface area contributed by atoms with Crippen LogP contribution in [0.2, 0.25) is 0 Å². The third-order valence-corrected chi connectivity index (χ3v) is 4.67. The third-order valence-electron chi connectivity index (χ3n) is 3.98. The van der Waals surface area contributed by atoms with E-state index in [0.29, 0.717) is 29.1 Å². The van der Waals surface area contributed by atoms with Crippen molar-refractivity contribution in [2.24, 2.45) is 5.10 Å². The molecule has 154 valence electrons. The molecule has 9 nitrogen and oxygen atoms in total. The predicted molar refractivity (Wildman–Crippen MR) is 115 cm³/mol. The molecule has 1 aliphatic heterocycles. The van der Waals surface area contributed by atoms with Crippen molar-refractivity contribution < 1.29 is 13.9 Å². The van der Waals surface area contributed by atoms with Crippen LogP contribution in [0.25, 0.3) is 0 Å². The van der Waals surface area contributed by atoms with Gasteiger partial charge in [-0.05, 0) is 52.3 Å². The van der Waals surface area contributed by atoms with E-state index in [1.807, 2.05) is 26.2 Å². The van der Waals surface area contributed by atoms with Gasteiger partial charge in [-0.1, -0.05) is 0 Å². The minimum atomic E-state index is -0.323. The average Bonchev–Trinajstić information content (AvgIpc) is 3.17. The Hall–Kier alpha value is -3.47. The van der Waals surface area contributed by atoms with E-state index in [2.05, 4.69) is 46.7 Å². The zero-order chi connectivity index (χ0) is 21.1. The monoisotopic (exact) mass is 473 g/mol. The molecule has 0 spiro atoms. The van der Waals surface area contributed by atoms with Crippen molar-refractivity contribution in [3.63, 3.8) is 0 Å². The molecule has 0 atom stereocenters. The smallest absolute Gasteiger partial charge is 0.250 e. The Morgan fingerprint density at radius 1 is 1.07 bits per heavy atom. The summed E-state index contributed by atoms with van der Waals surface area (Å²) in [5.74, 6) is 1.97. The molecule has 0 amide bonds. The summed E-state index contributed by atoms with van der Waals surface area (Å²) in [7, 11) is 3.63. The second-order valence-corrected chi connectivity index (χ2v) is 7.26. The first-order valence-corrected chi connectivity index (χ1v) is 9.61. The maximum absolute atomic E-state index is 13.1. The molecule has 1 aliphatic rings. The molecule has 11 heteroatoms. The number of aromatic nitrogens is 3. The highest BCUT2D eigenvalue weighted by atomic mass is 79.9. The predicted octanol–water partition coefficient (Wildman–Crippen LogP) is 3.76. The van der Waals surface area contributed by atoms with Crippen molar-refractivity contribution >= 4 is 45.7 Å². The van der Waals surface area contributed by atoms with Crippen molar-refractivity contribution in [3.8, 4) is 11.5 Å². The van der Waals surface area contributed by atoms with Crippen molar-refractivity contribution in [1.29, 1.82) is 0 Å². The lowest BCUT2D eigenvalue weighted by atomic mass is 10.2. The summed E-state index contributed by atoms with van der Waals surface area (Å²) in [4.78, 5) is 14.7. The number of fused-ring (bicyclic) bond motifs is 1. The van der Waals surface area contributed by atoms with E-state index in [0.717, 1.165) is 10.0 Å². The van der Waals surface area contributed by atoms with Crippen LogP contribution in [0.5, 0.6) is 11.5 Å². The number of benzene rings is 2. The molecular weight excluding hydrogens is 457 g/mol. The van der Waals surface area contributed by atoms with Crippen molar-refractivity contribution in [2.45, 2.75) is 0 Å². The quantitative estimate of drug-likeness (QED) is 0.412. The lowest BCUT2D eigenvalue weighted by Crippen LogP contribution is -2.15. The van der Waals surface area contributed by atoms with E-state index in [-0.39, 0.29) is 18.6 Å². The van der Waals surface area contributed by atoms with E-state index in [1.165, 1.54) is 12.1 Å². The molecule has 2 aromatic carbocycles. The first-order valence-electron chi connectivity index (χ1n) is 8.82. The van der Waals surface area contributed by atoms with Gasteiger partial charge in [0.1, 0.15) is 5.82 Å². The van der Waals surface area contributed by atoms with Crippen LogP contribution in [0, 0.1) is 5.82 Å². The molecule has 0 unspecified atom stereocenters. The van der Waals surface area contributed by atoms with Crippen LogP contribution >= 0.6 is 15.9 Å². The van der Waals surface area contributed by atoms with E-state index >= 15 is 0 Å². The highest BCUT2D eigenvalue weighted by molar-refractivity contribution is 9.10. The number of nitrogens with zero attached hydrogens (tertiary/aromatic N) is 5. The molecule has 3 aromatic rings. The number of anilines is 4. The summed E-state index contributed by atoms with van der Waals surface area (Å²) in [5, 5.41) is 7.24. The van der Waals surface area contributed by atoms with E-state index < -0.39 is 0 Å². The van der Waals surface area contributed by atoms with Gasteiger partial charge in [-0.25, -0.2) is 9.82 Å². The van der Waals surface area contributed by atoms with Gasteiger partial charge in [0.15, 0.2) is 11.5 Å². The fourth-order valence-corrected chi connectivity index (χ4v) is 2.95. The first-order chi connectivity index (χ1) is 14.5. The molecule has 4 rings (SSSR count). The molecule has 2 N–H and O–H groups in total. The molecule has 0 radical (unpaired) electrons. The Labute approximate surface area is 180 Å². The van der Waals surface area contributed by atoms with Crippen LogP contribution in [-0.2, 0) is 0 Å². The Morgan fingerprint density at radius 2 is 1.77 bits per heavy atom. The molecule has 0 bridgehead atoms. The minimum Gasteiger partial charge on any atom is -0.454 e. The number of hydrogen-bond donors (Lipinski definition) is 2. The Balaban J connectivity index is 1.54. The number of hydrazone groups is 1. The van der Waals surface area contributed by atoms with Crippen LogP contribution in [0.15, 0.2) is 46.0 Å². The van der Waals surface area contributed by atoms with Crippen LogP contribution in [-0.4, -0.2) is 42.1 Å². The number of ether oxygens (including phenoxy) is 2. The number of halogens is 2. The first kappa shape index (κ1) is 19.8. The van der Waals surface area contributed by atoms with Gasteiger partial charge in [0.25, 0.3) is 0 Å². The van der Waals surface area contributed by atoms with Gasteiger partial charge in [0, 0.05) is 29.8 Å². The average molecular weight is 474 g/mol. The minimum absolute atomic E-state index is 0.197. The summed E-state index contributed by atoms with van der Waals surface area (Å²) < 4.78 is 24.7. The number of rotatable bonds is 6. The molecule has 0 saturated heterocycles. The Bertz CT molecular complexity index is 1090. The topological polar surface area (TPSA) is 96.8 Å². The van der Waals surface area contributed by atoms with E-state index in [4.69, 9.17) is 9.47 Å². The van der Waals surface area contributed by atoms with Crippen molar-refractivity contribution in [3.05, 3.63) is 52.3 Å². The van der Waals surface area contributed by atoms with Crippen LogP contribution in [0.3, 0.4) is 0 Å². The maximum Gasteiger partial charge on any atom is 0.250 e. The molecule has 0 aliphatic carbocycles. The standard InChI is InChI=1S/C19H17BrFN7O2/c1-28(2)19-25-17(23-13-5-3-12(21)4-6-13)24-18(26-19)27-22-9-11-7-15-16(8-14(11)20)30-10-29-15/h3-9H,10H2,1-2H3,(H2,23,24,25,26,27)/b22-9+. The second kappa shape index (κ2) is 8.49. The molecule has 1 aromatic heterocycles. The zero-order valence-electron chi connectivity index (χ0n) is 16.1. The van der Waals surface area contributed by atoms with Crippen LogP contribution < -0.4 is 25.1 Å². The Morgan fingerprint density at radius 3 is 2.50 bits per heavy atom. The number of nitrogens with one attached hydrogen (secondary N) is 2. The second-order valence-electron chi connectivity index (χ2n) is 6.41. The summed E-state index contributed by atoms with van der Waals surface area (Å²) in [6.07, 6.45) is 1.61. The lowest BCUT2D eigenvalue weighted by Gasteiger charge is -2.13. The lowest BCUT2D eigenvalue weighted by molar-refractivity contribution is 0.174. The van der Waals surface area contributed by atoms with Gasteiger partial charge in [0.05, 0.1) is 6.21 Å². The summed E-state index contributed by atoms with van der Waals surface area (Å²) in [6.45, 7) is 0.197. The molecule has 2 heterocycles. The van der Waals surface area contributed by atoms with Gasteiger partial charge >= 0.3 is 0 Å². The highest BCUT2D eigenvalue weighted by Gasteiger charge is 2.15. The normalized spacial score (nSPS) is 12.3. The summed E-state index contributed by atoms with van der Waals surface area (Å²) in [6, 6.07) is 9.53. The largest absolute Gasteiger partial charge is 0.454 e. The van der Waals surface area contributed by atoms with Gasteiger partial charge < -0.3 is 19.7 Å².